The van der Waals surface area contributed by atoms with Crippen LogP contribution in [0.25, 0.3) is 0 Å². The Labute approximate surface area is 180 Å². The molecule has 31 heavy (non-hydrogen) atoms. The monoisotopic (exact) mass is 432 g/mol. The van der Waals surface area contributed by atoms with Crippen LogP contribution in [0.2, 0.25) is 0 Å². The Balaban J connectivity index is 1.55. The third-order valence-electron chi connectivity index (χ3n) is 5.44. The first-order chi connectivity index (χ1) is 14.7. The number of aliphatic carboxylic acids is 1. The second kappa shape index (κ2) is 9.87. The number of halogens is 2. The van der Waals surface area contributed by atoms with Gasteiger partial charge in [0.25, 0.3) is 5.91 Å². The average Bonchev–Trinajstić information content (AvgIpc) is 2.71. The highest BCUT2D eigenvalue weighted by Gasteiger charge is 2.32. The molecule has 166 valence electrons. The molecule has 2 aromatic carbocycles. The third-order valence-corrected chi connectivity index (χ3v) is 5.44. The molecule has 6 nitrogen and oxygen atoms in total. The average molecular weight is 432 g/mol. The van der Waals surface area contributed by atoms with Gasteiger partial charge < -0.3 is 14.7 Å². The second-order valence-corrected chi connectivity index (χ2v) is 7.92. The Kier molecular flexibility index (Phi) is 7.22. The molecule has 8 heteroatoms. The highest BCUT2D eigenvalue weighted by Crippen LogP contribution is 2.21. The molecule has 1 fully saturated rings. The summed E-state index contributed by atoms with van der Waals surface area (Å²) in [5, 5.41) is 8.78. The van der Waals surface area contributed by atoms with Gasteiger partial charge in [-0.05, 0) is 49.2 Å². The summed E-state index contributed by atoms with van der Waals surface area (Å²) < 4.78 is 32.6. The fraction of sp³-hybridized carbons (Fsp3) is 0.391. The number of carboxylic acids is 1. The molecule has 0 radical (unpaired) electrons. The molecule has 2 atom stereocenters. The number of piperazine rings is 1. The number of hydrogen-bond acceptors (Lipinski definition) is 4. The number of nitrogens with zero attached hydrogens (tertiary/aromatic N) is 2. The molecule has 1 heterocycles. The zero-order valence-electron chi connectivity index (χ0n) is 17.6. The van der Waals surface area contributed by atoms with E-state index in [1.165, 1.54) is 24.3 Å². The van der Waals surface area contributed by atoms with Gasteiger partial charge in [0.1, 0.15) is 5.82 Å². The highest BCUT2D eigenvalue weighted by atomic mass is 19.1. The molecule has 1 saturated heterocycles. The molecule has 0 spiro atoms. The van der Waals surface area contributed by atoms with Crippen LogP contribution in [0.5, 0.6) is 5.75 Å². The SMILES string of the molecule is C[C@@H]1CN(Cc2ccc(F)cc2)[C@@H](C)CN1C(=O)COc1ccc(CC(=O)O)cc1F. The maximum Gasteiger partial charge on any atom is 0.307 e. The molecular formula is C23H26F2N2O4. The number of carbonyl (C=O) groups is 2. The number of hydrogen-bond donors (Lipinski definition) is 1. The van der Waals surface area contributed by atoms with E-state index in [1.807, 2.05) is 13.8 Å². The topological polar surface area (TPSA) is 70.1 Å². The minimum Gasteiger partial charge on any atom is -0.481 e. The van der Waals surface area contributed by atoms with Gasteiger partial charge in [0.15, 0.2) is 18.2 Å². The lowest BCUT2D eigenvalue weighted by Gasteiger charge is -2.44. The van der Waals surface area contributed by atoms with Gasteiger partial charge in [-0.25, -0.2) is 8.78 Å². The predicted molar refractivity (Wildman–Crippen MR) is 111 cm³/mol. The summed E-state index contributed by atoms with van der Waals surface area (Å²) >= 11 is 0. The molecule has 1 aliphatic heterocycles. The molecule has 1 aliphatic rings. The summed E-state index contributed by atoms with van der Waals surface area (Å²) in [5.41, 5.74) is 1.33. The Hall–Kier alpha value is -3.00. The number of ether oxygens (including phenoxy) is 1. The van der Waals surface area contributed by atoms with Gasteiger partial charge >= 0.3 is 5.97 Å². The number of benzene rings is 2. The highest BCUT2D eigenvalue weighted by molar-refractivity contribution is 5.78. The minimum atomic E-state index is -1.05. The molecule has 2 aromatic rings. The van der Waals surface area contributed by atoms with E-state index < -0.39 is 11.8 Å². The van der Waals surface area contributed by atoms with Crippen molar-refractivity contribution in [2.24, 2.45) is 0 Å². The van der Waals surface area contributed by atoms with Crippen LogP contribution in [0.3, 0.4) is 0 Å². The predicted octanol–water partition coefficient (Wildman–Crippen LogP) is 3.09. The van der Waals surface area contributed by atoms with Gasteiger partial charge in [0, 0.05) is 31.7 Å². The van der Waals surface area contributed by atoms with Crippen LogP contribution >= 0.6 is 0 Å². The zero-order chi connectivity index (χ0) is 22.5. The number of carbonyl (C=O) groups excluding carboxylic acids is 1. The van der Waals surface area contributed by atoms with Crippen molar-refractivity contribution in [3.63, 3.8) is 0 Å². The molecule has 1 N–H and O–H groups in total. The Bertz CT molecular complexity index is 936. The van der Waals surface area contributed by atoms with Crippen molar-refractivity contribution < 1.29 is 28.2 Å². The van der Waals surface area contributed by atoms with Crippen LogP contribution in [0.1, 0.15) is 25.0 Å². The van der Waals surface area contributed by atoms with Crippen LogP contribution in [0.15, 0.2) is 42.5 Å². The minimum absolute atomic E-state index is 0.0597. The second-order valence-electron chi connectivity index (χ2n) is 7.92. The van der Waals surface area contributed by atoms with Crippen LogP contribution in [-0.4, -0.2) is 58.6 Å². The van der Waals surface area contributed by atoms with Gasteiger partial charge in [-0.15, -0.1) is 0 Å². The van der Waals surface area contributed by atoms with E-state index in [0.29, 0.717) is 25.2 Å². The quantitative estimate of drug-likeness (QED) is 0.728. The van der Waals surface area contributed by atoms with E-state index in [1.54, 1.807) is 17.0 Å². The van der Waals surface area contributed by atoms with Crippen molar-refractivity contribution in [2.45, 2.75) is 38.9 Å². The van der Waals surface area contributed by atoms with Crippen LogP contribution < -0.4 is 4.74 Å². The van der Waals surface area contributed by atoms with Crippen LogP contribution in [0.4, 0.5) is 8.78 Å². The van der Waals surface area contributed by atoms with E-state index in [-0.39, 0.29) is 42.6 Å². The molecule has 3 rings (SSSR count). The normalized spacial score (nSPS) is 19.3. The molecule has 1 amide bonds. The fourth-order valence-corrected chi connectivity index (χ4v) is 3.76. The van der Waals surface area contributed by atoms with Crippen molar-refractivity contribution in [1.29, 1.82) is 0 Å². The van der Waals surface area contributed by atoms with Crippen molar-refractivity contribution in [2.75, 3.05) is 19.7 Å². The standard InChI is InChI=1S/C23H26F2N2O4/c1-15-12-27(16(2)11-26(15)13-17-3-6-19(24)7-4-17)22(28)14-31-21-8-5-18(9-20(21)25)10-23(29)30/h3-9,15-16H,10-14H2,1-2H3,(H,29,30)/t15-,16+/m0/s1. The lowest BCUT2D eigenvalue weighted by atomic mass is 10.1. The zero-order valence-corrected chi connectivity index (χ0v) is 17.6. The molecule has 0 aliphatic carbocycles. The molecule has 0 saturated carbocycles. The number of carboxylic acid groups (broad SMARTS) is 1. The van der Waals surface area contributed by atoms with Crippen LogP contribution in [0, 0.1) is 11.6 Å². The molecule has 0 aromatic heterocycles. The summed E-state index contributed by atoms with van der Waals surface area (Å²) in [4.78, 5) is 27.4. The van der Waals surface area contributed by atoms with E-state index in [0.717, 1.165) is 11.6 Å². The van der Waals surface area contributed by atoms with Gasteiger partial charge in [-0.3, -0.25) is 14.5 Å². The van der Waals surface area contributed by atoms with E-state index in [2.05, 4.69) is 4.90 Å². The van der Waals surface area contributed by atoms with E-state index in [9.17, 15) is 18.4 Å². The maximum atomic E-state index is 14.1. The van der Waals surface area contributed by atoms with E-state index >= 15 is 0 Å². The van der Waals surface area contributed by atoms with Gasteiger partial charge in [0.05, 0.1) is 6.42 Å². The van der Waals surface area contributed by atoms with Gasteiger partial charge in [0.2, 0.25) is 0 Å². The smallest absolute Gasteiger partial charge is 0.307 e. The summed E-state index contributed by atoms with van der Waals surface area (Å²) in [6.07, 6.45) is -0.284. The number of rotatable bonds is 7. The molecular weight excluding hydrogens is 406 g/mol. The number of amides is 1. The lowest BCUT2D eigenvalue weighted by Crippen LogP contribution is -2.58. The maximum absolute atomic E-state index is 14.1. The Morgan fingerprint density at radius 1 is 1.03 bits per heavy atom. The summed E-state index contributed by atoms with van der Waals surface area (Å²) in [5.74, 6) is -2.34. The largest absolute Gasteiger partial charge is 0.481 e. The van der Waals surface area contributed by atoms with Gasteiger partial charge in [-0.1, -0.05) is 18.2 Å². The van der Waals surface area contributed by atoms with Crippen molar-refractivity contribution in [1.82, 2.24) is 9.80 Å². The molecule has 0 bridgehead atoms. The van der Waals surface area contributed by atoms with E-state index in [4.69, 9.17) is 9.84 Å². The first-order valence-corrected chi connectivity index (χ1v) is 10.1. The first kappa shape index (κ1) is 22.7. The molecule has 0 unspecified atom stereocenters. The summed E-state index contributed by atoms with van der Waals surface area (Å²) in [6, 6.07) is 10.3. The Morgan fingerprint density at radius 2 is 1.71 bits per heavy atom. The summed E-state index contributed by atoms with van der Waals surface area (Å²) in [6.45, 7) is 5.50. The van der Waals surface area contributed by atoms with Crippen molar-refractivity contribution in [3.8, 4) is 5.75 Å². The fourth-order valence-electron chi connectivity index (χ4n) is 3.76. The summed E-state index contributed by atoms with van der Waals surface area (Å²) in [7, 11) is 0. The first-order valence-electron chi connectivity index (χ1n) is 10.1. The van der Waals surface area contributed by atoms with Crippen LogP contribution in [-0.2, 0) is 22.6 Å². The third kappa shape index (κ3) is 6.01. The van der Waals surface area contributed by atoms with Crippen molar-refractivity contribution in [3.05, 3.63) is 65.2 Å². The van der Waals surface area contributed by atoms with Crippen molar-refractivity contribution >= 4 is 11.9 Å². The Morgan fingerprint density at radius 3 is 2.35 bits per heavy atom. The van der Waals surface area contributed by atoms with Gasteiger partial charge in [-0.2, -0.15) is 0 Å². The lowest BCUT2D eigenvalue weighted by molar-refractivity contribution is -0.139.